The predicted molar refractivity (Wildman–Crippen MR) is 151 cm³/mol. The number of nitriles is 1. The van der Waals surface area contributed by atoms with E-state index < -0.39 is 18.6 Å². The van der Waals surface area contributed by atoms with E-state index in [1.54, 1.807) is 17.0 Å². The first-order valence-corrected chi connectivity index (χ1v) is 13.8. The Labute approximate surface area is 235 Å². The maximum Gasteiger partial charge on any atom is 0.253 e. The molecule has 1 saturated heterocycles. The highest BCUT2D eigenvalue weighted by atomic mass is 32.1. The number of aliphatic hydroxyl groups excluding tert-OH is 2. The summed E-state index contributed by atoms with van der Waals surface area (Å²) < 4.78 is 15.4. The van der Waals surface area contributed by atoms with E-state index in [0.29, 0.717) is 53.9 Å². The van der Waals surface area contributed by atoms with Crippen LogP contribution < -0.4 is 9.80 Å². The van der Waals surface area contributed by atoms with E-state index in [1.807, 2.05) is 30.3 Å². The maximum atomic E-state index is 13.5. The largest absolute Gasteiger partial charge is 0.393 e. The maximum absolute atomic E-state index is 13.5. The zero-order valence-corrected chi connectivity index (χ0v) is 23.3. The van der Waals surface area contributed by atoms with Crippen LogP contribution in [0.15, 0.2) is 36.4 Å². The first-order chi connectivity index (χ1) is 19.2. The second-order valence-electron chi connectivity index (χ2n) is 9.66. The van der Waals surface area contributed by atoms with E-state index in [9.17, 15) is 19.6 Å². The summed E-state index contributed by atoms with van der Waals surface area (Å²) in [6.07, 6.45) is -0.704. The Balaban J connectivity index is 1.49. The van der Waals surface area contributed by atoms with Crippen LogP contribution in [-0.4, -0.2) is 81.6 Å². The Kier molecular flexibility index (Phi) is 7.71. The lowest BCUT2D eigenvalue weighted by Gasteiger charge is -2.37. The number of carbonyl (C=O) groups excluding carboxylic acids is 1. The van der Waals surface area contributed by atoms with Gasteiger partial charge in [-0.2, -0.15) is 10.4 Å². The van der Waals surface area contributed by atoms with Crippen molar-refractivity contribution in [3.05, 3.63) is 58.5 Å². The number of fused-ring (bicyclic) bond motifs is 1. The van der Waals surface area contributed by atoms with Crippen molar-refractivity contribution in [2.24, 2.45) is 0 Å². The second-order valence-corrected chi connectivity index (χ2v) is 10.6. The van der Waals surface area contributed by atoms with Gasteiger partial charge in [0, 0.05) is 50.2 Å². The summed E-state index contributed by atoms with van der Waals surface area (Å²) in [6.45, 7) is 5.49. The monoisotopic (exact) mass is 563 g/mol. The van der Waals surface area contributed by atoms with Crippen molar-refractivity contribution in [3.63, 3.8) is 0 Å². The van der Waals surface area contributed by atoms with Gasteiger partial charge in [0.05, 0.1) is 23.5 Å². The van der Waals surface area contributed by atoms with Crippen molar-refractivity contribution in [1.29, 1.82) is 5.26 Å². The molecule has 40 heavy (non-hydrogen) atoms. The smallest absolute Gasteiger partial charge is 0.253 e. The van der Waals surface area contributed by atoms with Crippen LogP contribution in [0.25, 0.3) is 16.8 Å². The number of aliphatic hydroxyl groups is 2. The molecule has 1 aromatic carbocycles. The standard InChI is InChI=1S/C28H30FN7O3S/c1-4-21-26(33(3)28-31-25(24(15-30)40-28)18-5-7-19(29)8-6-18)22-14-20(13-17(2)36(22)32-21)34-9-11-35(12-10-34)27(39)23(38)16-37/h5-8,13-14,23,37-38H,4,9-12,16H2,1-3H3/t23-/m0/s1. The number of anilines is 3. The highest BCUT2D eigenvalue weighted by Crippen LogP contribution is 2.39. The average Bonchev–Trinajstić information content (AvgIpc) is 3.58. The van der Waals surface area contributed by atoms with Crippen LogP contribution in [0.5, 0.6) is 0 Å². The zero-order valence-electron chi connectivity index (χ0n) is 22.5. The number of piperazine rings is 1. The van der Waals surface area contributed by atoms with Crippen LogP contribution in [-0.2, 0) is 11.2 Å². The van der Waals surface area contributed by atoms with Gasteiger partial charge in [0.25, 0.3) is 5.91 Å². The number of aromatic nitrogens is 3. The fourth-order valence-electron chi connectivity index (χ4n) is 5.01. The lowest BCUT2D eigenvalue weighted by atomic mass is 10.1. The Morgan fingerprint density at radius 1 is 1.23 bits per heavy atom. The van der Waals surface area contributed by atoms with Gasteiger partial charge in [0.2, 0.25) is 0 Å². The summed E-state index contributed by atoms with van der Waals surface area (Å²) in [5.41, 5.74) is 5.77. The highest BCUT2D eigenvalue weighted by Gasteiger charge is 2.27. The molecule has 0 unspecified atom stereocenters. The van der Waals surface area contributed by atoms with E-state index in [-0.39, 0.29) is 5.82 Å². The molecule has 0 radical (unpaired) electrons. The number of benzene rings is 1. The lowest BCUT2D eigenvalue weighted by molar-refractivity contribution is -0.142. The molecule has 1 fully saturated rings. The van der Waals surface area contributed by atoms with Crippen LogP contribution >= 0.6 is 11.3 Å². The Bertz CT molecular complexity index is 1590. The van der Waals surface area contributed by atoms with E-state index >= 15 is 0 Å². The molecular weight excluding hydrogens is 533 g/mol. The molecule has 208 valence electrons. The molecule has 12 heteroatoms. The molecule has 2 N–H and O–H groups in total. The quantitative estimate of drug-likeness (QED) is 0.352. The van der Waals surface area contributed by atoms with Gasteiger partial charge in [-0.15, -0.1) is 0 Å². The fourth-order valence-corrected chi connectivity index (χ4v) is 5.87. The summed E-state index contributed by atoms with van der Waals surface area (Å²) in [5, 5.41) is 34.1. The predicted octanol–water partition coefficient (Wildman–Crippen LogP) is 3.11. The summed E-state index contributed by atoms with van der Waals surface area (Å²) in [7, 11) is 1.91. The van der Waals surface area contributed by atoms with Gasteiger partial charge in [0.1, 0.15) is 22.5 Å². The van der Waals surface area contributed by atoms with Gasteiger partial charge < -0.3 is 24.9 Å². The summed E-state index contributed by atoms with van der Waals surface area (Å²) in [5.74, 6) is -0.808. The number of amides is 1. The first kappa shape index (κ1) is 27.5. The van der Waals surface area contributed by atoms with Gasteiger partial charge in [-0.25, -0.2) is 13.9 Å². The van der Waals surface area contributed by atoms with Gasteiger partial charge in [0.15, 0.2) is 11.2 Å². The van der Waals surface area contributed by atoms with Crippen LogP contribution in [0.2, 0.25) is 0 Å². The van der Waals surface area contributed by atoms with Crippen LogP contribution in [0.1, 0.15) is 23.2 Å². The van der Waals surface area contributed by atoms with E-state index in [1.165, 1.54) is 23.5 Å². The minimum atomic E-state index is -1.39. The van der Waals surface area contributed by atoms with Gasteiger partial charge in [-0.1, -0.05) is 18.3 Å². The van der Waals surface area contributed by atoms with Crippen LogP contribution in [0.3, 0.4) is 0 Å². The van der Waals surface area contributed by atoms with Crippen LogP contribution in [0, 0.1) is 24.1 Å². The average molecular weight is 564 g/mol. The number of hydrogen-bond acceptors (Lipinski definition) is 9. The minimum Gasteiger partial charge on any atom is -0.393 e. The number of thiazole rings is 1. The number of carbonyl (C=O) groups is 1. The molecule has 1 amide bonds. The third kappa shape index (κ3) is 4.99. The molecule has 0 spiro atoms. The first-order valence-electron chi connectivity index (χ1n) is 13.0. The normalized spacial score (nSPS) is 14.4. The molecule has 0 aliphatic carbocycles. The third-order valence-corrected chi connectivity index (χ3v) is 8.18. The molecular formula is C28H30FN7O3S. The van der Waals surface area contributed by atoms with E-state index in [2.05, 4.69) is 23.1 Å². The topological polar surface area (TPSA) is 121 Å². The Morgan fingerprint density at radius 2 is 1.93 bits per heavy atom. The van der Waals surface area contributed by atoms with Gasteiger partial charge in [-0.05, 0) is 49.7 Å². The number of rotatable bonds is 7. The van der Waals surface area contributed by atoms with E-state index in [0.717, 1.165) is 28.3 Å². The highest BCUT2D eigenvalue weighted by molar-refractivity contribution is 7.16. The molecule has 1 aliphatic heterocycles. The molecule has 0 saturated carbocycles. The van der Waals surface area contributed by atoms with Crippen molar-refractivity contribution in [3.8, 4) is 17.3 Å². The molecule has 4 heterocycles. The Hall–Kier alpha value is -4.05. The molecule has 0 bridgehead atoms. The SMILES string of the molecule is CCc1nn2c(C)cc(N3CCN(C(=O)[C@@H](O)CO)CC3)cc2c1N(C)c1nc(-c2ccc(F)cc2)c(C#N)s1. The number of pyridine rings is 1. The summed E-state index contributed by atoms with van der Waals surface area (Å²) >= 11 is 1.27. The van der Waals surface area contributed by atoms with Crippen molar-refractivity contribution < 1.29 is 19.4 Å². The van der Waals surface area contributed by atoms with Crippen LogP contribution in [0.4, 0.5) is 20.9 Å². The zero-order chi connectivity index (χ0) is 28.6. The second kappa shape index (κ2) is 11.2. The van der Waals surface area contributed by atoms with Crippen molar-refractivity contribution >= 4 is 39.3 Å². The van der Waals surface area contributed by atoms with Crippen molar-refractivity contribution in [1.82, 2.24) is 19.5 Å². The minimum absolute atomic E-state index is 0.351. The fraction of sp³-hybridized carbons (Fsp3) is 0.357. The Morgan fingerprint density at radius 3 is 2.55 bits per heavy atom. The number of aryl methyl sites for hydroxylation is 2. The lowest BCUT2D eigenvalue weighted by Crippen LogP contribution is -2.52. The van der Waals surface area contributed by atoms with Crippen molar-refractivity contribution in [2.75, 3.05) is 49.6 Å². The summed E-state index contributed by atoms with van der Waals surface area (Å²) in [4.78, 5) is 23.2. The summed E-state index contributed by atoms with van der Waals surface area (Å²) in [6, 6.07) is 12.3. The molecule has 1 aliphatic rings. The van der Waals surface area contributed by atoms with Gasteiger partial charge >= 0.3 is 0 Å². The molecule has 5 rings (SSSR count). The number of halogens is 1. The molecule has 10 nitrogen and oxygen atoms in total. The number of hydrogen-bond donors (Lipinski definition) is 2. The third-order valence-electron chi connectivity index (χ3n) is 7.15. The number of nitrogens with zero attached hydrogens (tertiary/aromatic N) is 7. The molecule has 3 aromatic heterocycles. The van der Waals surface area contributed by atoms with Crippen molar-refractivity contribution in [2.45, 2.75) is 26.4 Å². The molecule has 1 atom stereocenters. The molecule has 4 aromatic rings. The van der Waals surface area contributed by atoms with E-state index in [4.69, 9.17) is 15.2 Å². The van der Waals surface area contributed by atoms with Gasteiger partial charge in [-0.3, -0.25) is 4.79 Å².